The summed E-state index contributed by atoms with van der Waals surface area (Å²) in [6.07, 6.45) is 1.23. The van der Waals surface area contributed by atoms with Crippen molar-refractivity contribution in [2.24, 2.45) is 5.92 Å². The third-order valence-corrected chi connectivity index (χ3v) is 2.73. The lowest BCUT2D eigenvalue weighted by molar-refractivity contribution is 0.0386. The van der Waals surface area contributed by atoms with E-state index in [4.69, 9.17) is 0 Å². The fourth-order valence-corrected chi connectivity index (χ4v) is 2.19. The van der Waals surface area contributed by atoms with Crippen LogP contribution in [0.2, 0.25) is 0 Å². The van der Waals surface area contributed by atoms with E-state index >= 15 is 0 Å². The van der Waals surface area contributed by atoms with E-state index in [0.717, 1.165) is 17.5 Å². The fraction of sp³-hybridized carbons (Fsp3) is 0.571. The zero-order valence-corrected chi connectivity index (χ0v) is 10.5. The van der Waals surface area contributed by atoms with Crippen LogP contribution >= 0.6 is 0 Å². The van der Waals surface area contributed by atoms with Gasteiger partial charge < -0.3 is 5.11 Å². The Morgan fingerprint density at radius 1 is 1.38 bits per heavy atom. The van der Waals surface area contributed by atoms with E-state index < -0.39 is 5.60 Å². The smallest absolute Gasteiger partial charge is 0.123 e. The molecule has 0 heterocycles. The first kappa shape index (κ1) is 13.2. The zero-order valence-electron chi connectivity index (χ0n) is 10.5. The average Bonchev–Trinajstić information content (AvgIpc) is 2.08. The van der Waals surface area contributed by atoms with Crippen molar-refractivity contribution in [2.45, 2.75) is 46.1 Å². The molecule has 90 valence electrons. The number of benzene rings is 1. The molecule has 1 unspecified atom stereocenters. The van der Waals surface area contributed by atoms with Crippen LogP contribution in [0.5, 0.6) is 0 Å². The molecule has 0 bridgehead atoms. The van der Waals surface area contributed by atoms with E-state index in [2.05, 4.69) is 13.8 Å². The summed E-state index contributed by atoms with van der Waals surface area (Å²) >= 11 is 0. The Balaban J connectivity index is 2.82. The van der Waals surface area contributed by atoms with Crippen molar-refractivity contribution in [3.8, 4) is 0 Å². The highest BCUT2D eigenvalue weighted by Gasteiger charge is 2.23. The molecule has 0 aliphatic carbocycles. The van der Waals surface area contributed by atoms with E-state index in [1.165, 1.54) is 12.1 Å². The Kier molecular flexibility index (Phi) is 4.09. The molecule has 16 heavy (non-hydrogen) atoms. The second-order valence-electron chi connectivity index (χ2n) is 5.34. The van der Waals surface area contributed by atoms with Gasteiger partial charge in [0, 0.05) is 6.42 Å². The Bertz CT molecular complexity index is 356. The molecule has 0 spiro atoms. The highest BCUT2D eigenvalue weighted by Crippen LogP contribution is 2.23. The molecule has 0 aromatic heterocycles. The average molecular weight is 224 g/mol. The lowest BCUT2D eigenvalue weighted by Gasteiger charge is -2.26. The molecule has 0 saturated carbocycles. The van der Waals surface area contributed by atoms with Gasteiger partial charge in [0.25, 0.3) is 0 Å². The van der Waals surface area contributed by atoms with Crippen molar-refractivity contribution < 1.29 is 9.50 Å². The molecule has 1 nitrogen and oxygen atoms in total. The molecule has 0 aliphatic rings. The van der Waals surface area contributed by atoms with Gasteiger partial charge in [0.15, 0.2) is 0 Å². The molecule has 1 rings (SSSR count). The van der Waals surface area contributed by atoms with E-state index in [1.54, 1.807) is 6.07 Å². The summed E-state index contributed by atoms with van der Waals surface area (Å²) in [5, 5.41) is 10.2. The van der Waals surface area contributed by atoms with Gasteiger partial charge in [-0.3, -0.25) is 0 Å². The normalized spacial score (nSPS) is 15.2. The Hall–Kier alpha value is -0.890. The maximum absolute atomic E-state index is 13.1. The van der Waals surface area contributed by atoms with Crippen molar-refractivity contribution >= 4 is 0 Å². The predicted molar refractivity (Wildman–Crippen MR) is 64.9 cm³/mol. The highest BCUT2D eigenvalue weighted by atomic mass is 19.1. The van der Waals surface area contributed by atoms with Gasteiger partial charge >= 0.3 is 0 Å². The lowest BCUT2D eigenvalue weighted by atomic mass is 9.87. The molecule has 1 N–H and O–H groups in total. The van der Waals surface area contributed by atoms with Gasteiger partial charge in [0.1, 0.15) is 5.82 Å². The molecule has 0 amide bonds. The van der Waals surface area contributed by atoms with E-state index in [9.17, 15) is 9.50 Å². The molecular weight excluding hydrogens is 203 g/mol. The Morgan fingerprint density at radius 3 is 2.56 bits per heavy atom. The highest BCUT2D eigenvalue weighted by molar-refractivity contribution is 5.27. The summed E-state index contributed by atoms with van der Waals surface area (Å²) in [6, 6.07) is 4.73. The third-order valence-electron chi connectivity index (χ3n) is 2.73. The van der Waals surface area contributed by atoms with Gasteiger partial charge in [0.2, 0.25) is 0 Å². The topological polar surface area (TPSA) is 20.2 Å². The van der Waals surface area contributed by atoms with Crippen LogP contribution < -0.4 is 0 Å². The van der Waals surface area contributed by atoms with Gasteiger partial charge in [-0.25, -0.2) is 4.39 Å². The van der Waals surface area contributed by atoms with Crippen LogP contribution in [0.25, 0.3) is 0 Å². The predicted octanol–water partition coefficient (Wildman–Crippen LogP) is 3.47. The largest absolute Gasteiger partial charge is 0.390 e. The van der Waals surface area contributed by atoms with Gasteiger partial charge in [-0.15, -0.1) is 0 Å². The number of halogens is 1. The van der Waals surface area contributed by atoms with Crippen LogP contribution in [0.1, 0.15) is 38.3 Å². The molecule has 1 atom stereocenters. The van der Waals surface area contributed by atoms with E-state index in [-0.39, 0.29) is 5.82 Å². The summed E-state index contributed by atoms with van der Waals surface area (Å²) in [4.78, 5) is 0. The lowest BCUT2D eigenvalue weighted by Crippen LogP contribution is -2.29. The van der Waals surface area contributed by atoms with Crippen LogP contribution in [-0.4, -0.2) is 10.7 Å². The van der Waals surface area contributed by atoms with Crippen molar-refractivity contribution in [3.63, 3.8) is 0 Å². The molecule has 0 radical (unpaired) electrons. The first-order chi connectivity index (χ1) is 7.30. The summed E-state index contributed by atoms with van der Waals surface area (Å²) in [6.45, 7) is 7.91. The van der Waals surface area contributed by atoms with Crippen LogP contribution in [0.3, 0.4) is 0 Å². The molecule has 2 heteroatoms. The number of hydrogen-bond acceptors (Lipinski definition) is 1. The number of aryl methyl sites for hydroxylation is 1. The summed E-state index contributed by atoms with van der Waals surface area (Å²) in [5.41, 5.74) is 1.17. The third kappa shape index (κ3) is 3.93. The maximum Gasteiger partial charge on any atom is 0.123 e. The molecule has 0 aliphatic heterocycles. The van der Waals surface area contributed by atoms with E-state index in [0.29, 0.717) is 12.3 Å². The van der Waals surface area contributed by atoms with Gasteiger partial charge in [0.05, 0.1) is 5.60 Å². The van der Waals surface area contributed by atoms with Crippen LogP contribution in [0, 0.1) is 18.7 Å². The van der Waals surface area contributed by atoms with Crippen molar-refractivity contribution in [1.82, 2.24) is 0 Å². The number of rotatable bonds is 4. The summed E-state index contributed by atoms with van der Waals surface area (Å²) in [5.74, 6) is 0.199. The molecule has 1 aromatic rings. The first-order valence-corrected chi connectivity index (χ1v) is 5.77. The van der Waals surface area contributed by atoms with Crippen LogP contribution in [0.15, 0.2) is 18.2 Å². The van der Waals surface area contributed by atoms with Crippen LogP contribution in [0.4, 0.5) is 4.39 Å². The van der Waals surface area contributed by atoms with Crippen molar-refractivity contribution in [2.75, 3.05) is 0 Å². The standard InChI is InChI=1S/C14H21FO/c1-10(2)8-14(4,16)9-12-7-13(15)6-5-11(12)3/h5-7,10,16H,8-9H2,1-4H3. The fourth-order valence-electron chi connectivity index (χ4n) is 2.19. The van der Waals surface area contributed by atoms with Gasteiger partial charge in [-0.2, -0.15) is 0 Å². The quantitative estimate of drug-likeness (QED) is 0.830. The minimum atomic E-state index is -0.757. The number of hydrogen-bond donors (Lipinski definition) is 1. The molecule has 0 saturated heterocycles. The molecule has 1 aromatic carbocycles. The first-order valence-electron chi connectivity index (χ1n) is 5.77. The Morgan fingerprint density at radius 2 is 2.00 bits per heavy atom. The second kappa shape index (κ2) is 4.96. The van der Waals surface area contributed by atoms with E-state index in [1.807, 2.05) is 13.8 Å². The van der Waals surface area contributed by atoms with Crippen molar-refractivity contribution in [3.05, 3.63) is 35.1 Å². The monoisotopic (exact) mass is 224 g/mol. The SMILES string of the molecule is Cc1ccc(F)cc1CC(C)(O)CC(C)C. The molecular formula is C14H21FO. The minimum Gasteiger partial charge on any atom is -0.390 e. The van der Waals surface area contributed by atoms with Crippen molar-refractivity contribution in [1.29, 1.82) is 0 Å². The summed E-state index contributed by atoms with van der Waals surface area (Å²) < 4.78 is 13.1. The van der Waals surface area contributed by atoms with Gasteiger partial charge in [-0.1, -0.05) is 19.9 Å². The van der Waals surface area contributed by atoms with Crippen LogP contribution in [-0.2, 0) is 6.42 Å². The maximum atomic E-state index is 13.1. The van der Waals surface area contributed by atoms with Gasteiger partial charge in [-0.05, 0) is 49.4 Å². The Labute approximate surface area is 97.3 Å². The molecule has 0 fully saturated rings. The summed E-state index contributed by atoms with van der Waals surface area (Å²) in [7, 11) is 0. The zero-order chi connectivity index (χ0) is 12.3. The number of aliphatic hydroxyl groups is 1. The minimum absolute atomic E-state index is 0.235. The second-order valence-corrected chi connectivity index (χ2v) is 5.34.